The third-order valence-electron chi connectivity index (χ3n) is 2.72. The maximum absolute atomic E-state index is 11.8. The number of ether oxygens (including phenoxy) is 1. The Morgan fingerprint density at radius 2 is 2.00 bits per heavy atom. The summed E-state index contributed by atoms with van der Waals surface area (Å²) in [6, 6.07) is 0. The van der Waals surface area contributed by atoms with Gasteiger partial charge in [-0.25, -0.2) is 0 Å². The average molecular weight is 212 g/mol. The maximum Gasteiger partial charge on any atom is 0.319 e. The summed E-state index contributed by atoms with van der Waals surface area (Å²) >= 11 is 0. The van der Waals surface area contributed by atoms with Crippen LogP contribution in [0.4, 0.5) is 0 Å². The Hall–Kier alpha value is -1.12. The third kappa shape index (κ3) is 3.18. The maximum atomic E-state index is 11.8. The predicted octanol–water partition coefficient (Wildman–Crippen LogP) is 2.50. The SMILES string of the molecule is C=CCCC(CC)(C(C)=O)C(=O)OCC. The van der Waals surface area contributed by atoms with Crippen LogP contribution in [0, 0.1) is 5.41 Å². The van der Waals surface area contributed by atoms with Crippen LogP contribution in [0.5, 0.6) is 0 Å². The Labute approximate surface area is 91.5 Å². The molecule has 0 aliphatic heterocycles. The summed E-state index contributed by atoms with van der Waals surface area (Å²) in [4.78, 5) is 23.4. The average Bonchev–Trinajstić information content (AvgIpc) is 2.19. The van der Waals surface area contributed by atoms with E-state index in [1.807, 2.05) is 6.92 Å². The molecule has 0 bridgehead atoms. The Morgan fingerprint density at radius 1 is 1.40 bits per heavy atom. The number of rotatable bonds is 7. The zero-order valence-corrected chi connectivity index (χ0v) is 9.84. The Balaban J connectivity index is 4.87. The number of allylic oxidation sites excluding steroid dienone is 1. The van der Waals surface area contributed by atoms with Crippen molar-refractivity contribution in [2.24, 2.45) is 5.41 Å². The predicted molar refractivity (Wildman–Crippen MR) is 59.5 cm³/mol. The number of ketones is 1. The van der Waals surface area contributed by atoms with E-state index in [0.717, 1.165) is 0 Å². The molecule has 1 atom stereocenters. The van der Waals surface area contributed by atoms with Crippen molar-refractivity contribution >= 4 is 11.8 Å². The summed E-state index contributed by atoms with van der Waals surface area (Å²) in [7, 11) is 0. The standard InChI is InChI=1S/C12H20O3/c1-5-8-9-12(6-2,10(4)13)11(14)15-7-3/h5H,1,6-9H2,2-4H3. The van der Waals surface area contributed by atoms with Gasteiger partial charge in [0.05, 0.1) is 6.61 Å². The van der Waals surface area contributed by atoms with Gasteiger partial charge in [0.1, 0.15) is 11.2 Å². The van der Waals surface area contributed by atoms with Crippen LogP contribution >= 0.6 is 0 Å². The minimum atomic E-state index is -0.968. The molecule has 0 saturated carbocycles. The van der Waals surface area contributed by atoms with E-state index < -0.39 is 11.4 Å². The van der Waals surface area contributed by atoms with Gasteiger partial charge >= 0.3 is 5.97 Å². The summed E-state index contributed by atoms with van der Waals surface area (Å²) in [6.07, 6.45) is 3.33. The molecule has 0 aliphatic carbocycles. The lowest BCUT2D eigenvalue weighted by Crippen LogP contribution is -2.39. The van der Waals surface area contributed by atoms with E-state index in [1.54, 1.807) is 13.0 Å². The van der Waals surface area contributed by atoms with Crippen LogP contribution < -0.4 is 0 Å². The van der Waals surface area contributed by atoms with Gasteiger partial charge in [-0.3, -0.25) is 9.59 Å². The van der Waals surface area contributed by atoms with Crippen LogP contribution in [0.3, 0.4) is 0 Å². The lowest BCUT2D eigenvalue weighted by molar-refractivity contribution is -0.160. The highest BCUT2D eigenvalue weighted by Gasteiger charge is 2.42. The van der Waals surface area contributed by atoms with Crippen LogP contribution in [0.15, 0.2) is 12.7 Å². The highest BCUT2D eigenvalue weighted by molar-refractivity contribution is 6.02. The van der Waals surface area contributed by atoms with Crippen LogP contribution in [-0.2, 0) is 14.3 Å². The molecule has 0 aliphatic rings. The van der Waals surface area contributed by atoms with E-state index >= 15 is 0 Å². The van der Waals surface area contributed by atoms with Gasteiger partial charge < -0.3 is 4.74 Å². The largest absolute Gasteiger partial charge is 0.465 e. The van der Waals surface area contributed by atoms with E-state index in [4.69, 9.17) is 4.74 Å². The Bertz CT molecular complexity index is 245. The molecule has 0 aromatic rings. The van der Waals surface area contributed by atoms with Gasteiger partial charge in [0.25, 0.3) is 0 Å². The van der Waals surface area contributed by atoms with Crippen molar-refractivity contribution in [2.45, 2.75) is 40.0 Å². The molecule has 0 aromatic carbocycles. The molecule has 0 N–H and O–H groups in total. The molecular weight excluding hydrogens is 192 g/mol. The molecule has 1 unspecified atom stereocenters. The van der Waals surface area contributed by atoms with Gasteiger partial charge in [0.15, 0.2) is 0 Å². The monoisotopic (exact) mass is 212 g/mol. The number of hydrogen-bond acceptors (Lipinski definition) is 3. The molecule has 3 heteroatoms. The molecule has 15 heavy (non-hydrogen) atoms. The Kier molecular flexibility index (Phi) is 5.90. The molecule has 0 heterocycles. The molecule has 0 fully saturated rings. The van der Waals surface area contributed by atoms with Crippen LogP contribution in [0.2, 0.25) is 0 Å². The van der Waals surface area contributed by atoms with Crippen molar-refractivity contribution in [3.8, 4) is 0 Å². The zero-order chi connectivity index (χ0) is 11.9. The summed E-state index contributed by atoms with van der Waals surface area (Å²) in [5.41, 5.74) is -0.968. The van der Waals surface area contributed by atoms with Crippen molar-refractivity contribution in [3.05, 3.63) is 12.7 Å². The van der Waals surface area contributed by atoms with Gasteiger partial charge in [-0.1, -0.05) is 13.0 Å². The second kappa shape index (κ2) is 6.38. The van der Waals surface area contributed by atoms with Gasteiger partial charge in [-0.15, -0.1) is 6.58 Å². The van der Waals surface area contributed by atoms with E-state index in [1.165, 1.54) is 6.92 Å². The minimum Gasteiger partial charge on any atom is -0.465 e. The van der Waals surface area contributed by atoms with Crippen molar-refractivity contribution in [1.82, 2.24) is 0 Å². The second-order valence-electron chi connectivity index (χ2n) is 3.54. The van der Waals surface area contributed by atoms with Gasteiger partial charge in [-0.05, 0) is 33.1 Å². The summed E-state index contributed by atoms with van der Waals surface area (Å²) < 4.78 is 4.96. The Morgan fingerprint density at radius 3 is 2.33 bits per heavy atom. The molecule has 86 valence electrons. The van der Waals surface area contributed by atoms with Crippen molar-refractivity contribution in [2.75, 3.05) is 6.61 Å². The fourth-order valence-corrected chi connectivity index (χ4v) is 1.61. The van der Waals surface area contributed by atoms with Gasteiger partial charge in [0.2, 0.25) is 0 Å². The molecule has 0 saturated heterocycles. The number of carbonyl (C=O) groups is 2. The van der Waals surface area contributed by atoms with Crippen molar-refractivity contribution < 1.29 is 14.3 Å². The highest BCUT2D eigenvalue weighted by Crippen LogP contribution is 2.31. The fraction of sp³-hybridized carbons (Fsp3) is 0.667. The van der Waals surface area contributed by atoms with Crippen LogP contribution in [-0.4, -0.2) is 18.4 Å². The molecule has 0 spiro atoms. The smallest absolute Gasteiger partial charge is 0.319 e. The van der Waals surface area contributed by atoms with E-state index in [9.17, 15) is 9.59 Å². The van der Waals surface area contributed by atoms with E-state index in [2.05, 4.69) is 6.58 Å². The molecule has 0 radical (unpaired) electrons. The van der Waals surface area contributed by atoms with E-state index in [-0.39, 0.29) is 5.78 Å². The summed E-state index contributed by atoms with van der Waals surface area (Å²) in [6.45, 7) is 8.93. The van der Waals surface area contributed by atoms with Gasteiger partial charge in [0, 0.05) is 0 Å². The normalized spacial score (nSPS) is 14.1. The summed E-state index contributed by atoms with van der Waals surface area (Å²) in [5.74, 6) is -0.521. The highest BCUT2D eigenvalue weighted by atomic mass is 16.5. The molecule has 0 aromatic heterocycles. The number of carbonyl (C=O) groups excluding carboxylic acids is 2. The fourth-order valence-electron chi connectivity index (χ4n) is 1.61. The van der Waals surface area contributed by atoms with E-state index in [0.29, 0.717) is 25.9 Å². The lowest BCUT2D eigenvalue weighted by Gasteiger charge is -2.26. The quantitative estimate of drug-likeness (QED) is 0.370. The number of hydrogen-bond donors (Lipinski definition) is 0. The topological polar surface area (TPSA) is 43.4 Å². The first-order valence-electron chi connectivity index (χ1n) is 5.34. The molecule has 0 amide bonds. The van der Waals surface area contributed by atoms with Crippen molar-refractivity contribution in [1.29, 1.82) is 0 Å². The summed E-state index contributed by atoms with van der Waals surface area (Å²) in [5, 5.41) is 0. The van der Waals surface area contributed by atoms with Crippen molar-refractivity contribution in [3.63, 3.8) is 0 Å². The first-order chi connectivity index (χ1) is 7.05. The number of Topliss-reactive ketones (excluding diaryl/α,β-unsaturated/α-hetero) is 1. The molecule has 0 rings (SSSR count). The lowest BCUT2D eigenvalue weighted by atomic mass is 9.77. The first-order valence-corrected chi connectivity index (χ1v) is 5.34. The zero-order valence-electron chi connectivity index (χ0n) is 9.84. The van der Waals surface area contributed by atoms with Gasteiger partial charge in [-0.2, -0.15) is 0 Å². The molecule has 3 nitrogen and oxygen atoms in total. The third-order valence-corrected chi connectivity index (χ3v) is 2.72. The number of esters is 1. The molecular formula is C12H20O3. The van der Waals surface area contributed by atoms with Crippen LogP contribution in [0.1, 0.15) is 40.0 Å². The first kappa shape index (κ1) is 13.9. The minimum absolute atomic E-state index is 0.120. The van der Waals surface area contributed by atoms with Crippen LogP contribution in [0.25, 0.3) is 0 Å². The second-order valence-corrected chi connectivity index (χ2v) is 3.54.